The number of halogens is 1. The number of phenols is 1. The van der Waals surface area contributed by atoms with Crippen LogP contribution in [0, 0.1) is 0 Å². The number of phenolic OH excluding ortho intramolecular Hbond substituents is 1. The second-order valence-electron chi connectivity index (χ2n) is 4.10. The van der Waals surface area contributed by atoms with E-state index in [1.54, 1.807) is 18.2 Å². The molecule has 94 valence electrons. The lowest BCUT2D eigenvalue weighted by atomic mass is 10.1. The molecule has 0 aliphatic carbocycles. The van der Waals surface area contributed by atoms with Crippen molar-refractivity contribution in [3.8, 4) is 28.3 Å². The summed E-state index contributed by atoms with van der Waals surface area (Å²) in [4.78, 5) is 0. The minimum absolute atomic E-state index is 0.191. The third-order valence-corrected chi connectivity index (χ3v) is 3.29. The Labute approximate surface area is 118 Å². The topological polar surface area (TPSA) is 46.3 Å². The first-order valence-corrected chi connectivity index (χ1v) is 6.54. The summed E-state index contributed by atoms with van der Waals surface area (Å²) in [5, 5.41) is 13.8. The molecule has 19 heavy (non-hydrogen) atoms. The zero-order valence-corrected chi connectivity index (χ0v) is 11.5. The number of nitrogens with zero attached hydrogens (tertiary/aromatic N) is 1. The number of rotatable bonds is 2. The molecule has 0 aliphatic rings. The summed E-state index contributed by atoms with van der Waals surface area (Å²) in [6, 6.07) is 16.6. The molecule has 0 radical (unpaired) electrons. The molecule has 1 aromatic heterocycles. The van der Waals surface area contributed by atoms with Gasteiger partial charge in [0.15, 0.2) is 5.76 Å². The maximum atomic E-state index is 9.80. The van der Waals surface area contributed by atoms with Gasteiger partial charge in [0, 0.05) is 21.7 Å². The van der Waals surface area contributed by atoms with Gasteiger partial charge in [0.05, 0.1) is 0 Å². The summed E-state index contributed by atoms with van der Waals surface area (Å²) in [5.41, 5.74) is 2.21. The lowest BCUT2D eigenvalue weighted by Gasteiger charge is -1.97. The summed E-state index contributed by atoms with van der Waals surface area (Å²) in [5.74, 6) is 0.858. The lowest BCUT2D eigenvalue weighted by Crippen LogP contribution is -1.77. The van der Waals surface area contributed by atoms with Gasteiger partial charge in [0.2, 0.25) is 0 Å². The van der Waals surface area contributed by atoms with Crippen molar-refractivity contribution in [2.24, 2.45) is 0 Å². The Hall–Kier alpha value is -2.07. The Balaban J connectivity index is 2.03. The van der Waals surface area contributed by atoms with Crippen LogP contribution in [0.2, 0.25) is 0 Å². The first-order valence-electron chi connectivity index (χ1n) is 5.75. The van der Waals surface area contributed by atoms with Crippen LogP contribution in [0.1, 0.15) is 0 Å². The number of para-hydroxylation sites is 1. The van der Waals surface area contributed by atoms with Gasteiger partial charge in [-0.3, -0.25) is 0 Å². The van der Waals surface area contributed by atoms with Crippen molar-refractivity contribution in [3.05, 3.63) is 59.1 Å². The number of hydrogen-bond acceptors (Lipinski definition) is 3. The molecule has 3 rings (SSSR count). The third-order valence-electron chi connectivity index (χ3n) is 2.80. The summed E-state index contributed by atoms with van der Waals surface area (Å²) in [7, 11) is 0. The van der Waals surface area contributed by atoms with Gasteiger partial charge < -0.3 is 9.63 Å². The number of aromatic hydroxyl groups is 1. The van der Waals surface area contributed by atoms with Crippen molar-refractivity contribution in [1.29, 1.82) is 0 Å². The van der Waals surface area contributed by atoms with Crippen LogP contribution < -0.4 is 0 Å². The normalized spacial score (nSPS) is 10.6. The Bertz CT molecular complexity index is 721. The zero-order valence-electron chi connectivity index (χ0n) is 9.88. The van der Waals surface area contributed by atoms with Gasteiger partial charge in [-0.25, -0.2) is 0 Å². The van der Waals surface area contributed by atoms with Gasteiger partial charge in [0.25, 0.3) is 0 Å². The molecule has 3 nitrogen and oxygen atoms in total. The largest absolute Gasteiger partial charge is 0.507 e. The number of hydrogen-bond donors (Lipinski definition) is 1. The van der Waals surface area contributed by atoms with Crippen LogP contribution in [0.4, 0.5) is 0 Å². The highest BCUT2D eigenvalue weighted by Gasteiger charge is 2.11. The SMILES string of the molecule is Oc1ccccc1-c1cc(-c2cccc(Br)c2)on1. The van der Waals surface area contributed by atoms with Crippen LogP contribution in [-0.2, 0) is 0 Å². The van der Waals surface area contributed by atoms with E-state index in [0.717, 1.165) is 10.0 Å². The molecule has 2 aromatic carbocycles. The quantitative estimate of drug-likeness (QED) is 0.758. The summed E-state index contributed by atoms with van der Waals surface area (Å²) < 4.78 is 6.31. The maximum absolute atomic E-state index is 9.80. The summed E-state index contributed by atoms with van der Waals surface area (Å²) >= 11 is 3.42. The summed E-state index contributed by atoms with van der Waals surface area (Å²) in [6.07, 6.45) is 0. The molecule has 0 unspecified atom stereocenters. The van der Waals surface area contributed by atoms with E-state index in [0.29, 0.717) is 17.0 Å². The van der Waals surface area contributed by atoms with Gasteiger partial charge in [-0.1, -0.05) is 45.4 Å². The number of aromatic nitrogens is 1. The molecule has 0 saturated carbocycles. The molecule has 0 fully saturated rings. The van der Waals surface area contributed by atoms with Crippen LogP contribution in [0.5, 0.6) is 5.75 Å². The molecule has 4 heteroatoms. The smallest absolute Gasteiger partial charge is 0.167 e. The van der Waals surface area contributed by atoms with E-state index in [9.17, 15) is 5.11 Å². The molecule has 1 N–H and O–H groups in total. The van der Waals surface area contributed by atoms with Crippen LogP contribution in [0.3, 0.4) is 0 Å². The summed E-state index contributed by atoms with van der Waals surface area (Å²) in [6.45, 7) is 0. The van der Waals surface area contributed by atoms with Crippen LogP contribution in [0.25, 0.3) is 22.6 Å². The predicted molar refractivity (Wildman–Crippen MR) is 76.7 cm³/mol. The van der Waals surface area contributed by atoms with Gasteiger partial charge in [-0.05, 0) is 24.3 Å². The highest BCUT2D eigenvalue weighted by atomic mass is 79.9. The minimum Gasteiger partial charge on any atom is -0.507 e. The minimum atomic E-state index is 0.191. The van der Waals surface area contributed by atoms with Gasteiger partial charge >= 0.3 is 0 Å². The standard InChI is InChI=1S/C15H10BrNO2/c16-11-5-3-4-10(8-11)15-9-13(17-19-15)12-6-1-2-7-14(12)18/h1-9,18H. The molecule has 0 aliphatic heterocycles. The molecule has 0 bridgehead atoms. The van der Waals surface area contributed by atoms with Crippen LogP contribution in [0.15, 0.2) is 63.6 Å². The molecule has 0 atom stereocenters. The van der Waals surface area contributed by atoms with E-state index >= 15 is 0 Å². The van der Waals surface area contributed by atoms with Crippen LogP contribution >= 0.6 is 15.9 Å². The van der Waals surface area contributed by atoms with Crippen LogP contribution in [-0.4, -0.2) is 10.3 Å². The van der Waals surface area contributed by atoms with Crippen molar-refractivity contribution in [2.45, 2.75) is 0 Å². The van der Waals surface area contributed by atoms with E-state index in [1.165, 1.54) is 0 Å². The van der Waals surface area contributed by atoms with Crippen molar-refractivity contribution < 1.29 is 9.63 Å². The Morgan fingerprint density at radius 3 is 2.63 bits per heavy atom. The average molecular weight is 316 g/mol. The lowest BCUT2D eigenvalue weighted by molar-refractivity contribution is 0.433. The van der Waals surface area contributed by atoms with Crippen molar-refractivity contribution in [1.82, 2.24) is 5.16 Å². The monoisotopic (exact) mass is 315 g/mol. The van der Waals surface area contributed by atoms with Crippen molar-refractivity contribution in [2.75, 3.05) is 0 Å². The molecule has 0 spiro atoms. The Morgan fingerprint density at radius 1 is 1.00 bits per heavy atom. The predicted octanol–water partition coefficient (Wildman–Crippen LogP) is 4.48. The van der Waals surface area contributed by atoms with E-state index in [2.05, 4.69) is 21.1 Å². The van der Waals surface area contributed by atoms with Crippen molar-refractivity contribution >= 4 is 15.9 Å². The fourth-order valence-corrected chi connectivity index (χ4v) is 2.27. The highest BCUT2D eigenvalue weighted by molar-refractivity contribution is 9.10. The zero-order chi connectivity index (χ0) is 13.2. The first-order chi connectivity index (χ1) is 9.24. The second kappa shape index (κ2) is 4.90. The fourth-order valence-electron chi connectivity index (χ4n) is 1.87. The van der Waals surface area contributed by atoms with Gasteiger partial charge in [-0.2, -0.15) is 0 Å². The molecular weight excluding hydrogens is 306 g/mol. The van der Waals surface area contributed by atoms with E-state index in [-0.39, 0.29) is 5.75 Å². The molecule has 0 amide bonds. The molecule has 1 heterocycles. The molecule has 0 saturated heterocycles. The Morgan fingerprint density at radius 2 is 1.84 bits per heavy atom. The van der Waals surface area contributed by atoms with E-state index in [4.69, 9.17) is 4.52 Å². The highest BCUT2D eigenvalue weighted by Crippen LogP contribution is 2.31. The van der Waals surface area contributed by atoms with Gasteiger partial charge in [-0.15, -0.1) is 0 Å². The van der Waals surface area contributed by atoms with Crippen molar-refractivity contribution in [3.63, 3.8) is 0 Å². The number of benzene rings is 2. The van der Waals surface area contributed by atoms with Gasteiger partial charge in [0.1, 0.15) is 11.4 Å². The molecular formula is C15H10BrNO2. The van der Waals surface area contributed by atoms with E-state index in [1.807, 2.05) is 36.4 Å². The fraction of sp³-hybridized carbons (Fsp3) is 0. The Kier molecular flexibility index (Phi) is 3.09. The first kappa shape index (κ1) is 12.0. The second-order valence-corrected chi connectivity index (χ2v) is 5.02. The third kappa shape index (κ3) is 2.39. The average Bonchev–Trinajstić information content (AvgIpc) is 2.89. The maximum Gasteiger partial charge on any atom is 0.167 e. The molecule has 3 aromatic rings. The van der Waals surface area contributed by atoms with E-state index < -0.39 is 0 Å².